The maximum absolute atomic E-state index is 13.8. The molecule has 222 valence electrons. The Labute approximate surface area is 250 Å². The van der Waals surface area contributed by atoms with Gasteiger partial charge in [-0.3, -0.25) is 9.10 Å². The molecule has 0 spiro atoms. The van der Waals surface area contributed by atoms with E-state index in [-0.39, 0.29) is 16.2 Å². The number of nitrogens with zero attached hydrogens (tertiary/aromatic N) is 2. The smallest absolute Gasteiger partial charge is 0.264 e. The minimum absolute atomic E-state index is 0.201. The Hall–Kier alpha value is -3.36. The quantitative estimate of drug-likeness (QED) is 0.299. The number of para-hydroxylation sites is 1. The summed E-state index contributed by atoms with van der Waals surface area (Å²) in [5.41, 5.74) is 8.76. The van der Waals surface area contributed by atoms with Crippen LogP contribution in [0.25, 0.3) is 11.6 Å². The Morgan fingerprint density at radius 2 is 1.86 bits per heavy atom. The van der Waals surface area contributed by atoms with Crippen molar-refractivity contribution in [2.45, 2.75) is 71.1 Å². The zero-order valence-corrected chi connectivity index (χ0v) is 26.0. The number of carbonyl (C=O) groups is 1. The molecule has 0 atom stereocenters. The molecule has 42 heavy (non-hydrogen) atoms. The van der Waals surface area contributed by atoms with E-state index in [1.54, 1.807) is 18.2 Å². The molecule has 0 saturated carbocycles. The molecular formula is C34H42N4O3S. The highest BCUT2D eigenvalue weighted by Crippen LogP contribution is 2.41. The highest BCUT2D eigenvalue weighted by atomic mass is 32.2. The summed E-state index contributed by atoms with van der Waals surface area (Å²) >= 11 is 0. The van der Waals surface area contributed by atoms with Gasteiger partial charge >= 0.3 is 0 Å². The zero-order valence-electron chi connectivity index (χ0n) is 25.2. The third kappa shape index (κ3) is 5.20. The van der Waals surface area contributed by atoms with Crippen LogP contribution in [0.5, 0.6) is 0 Å². The van der Waals surface area contributed by atoms with Crippen molar-refractivity contribution in [2.24, 2.45) is 5.41 Å². The van der Waals surface area contributed by atoms with E-state index in [1.165, 1.54) is 21.1 Å². The Balaban J connectivity index is 1.37. The van der Waals surface area contributed by atoms with Crippen molar-refractivity contribution in [3.63, 3.8) is 0 Å². The summed E-state index contributed by atoms with van der Waals surface area (Å²) in [6.45, 7) is 12.6. The molecule has 2 N–H and O–H groups in total. The van der Waals surface area contributed by atoms with Gasteiger partial charge in [-0.25, -0.2) is 8.42 Å². The highest BCUT2D eigenvalue weighted by Gasteiger charge is 2.34. The Kier molecular flexibility index (Phi) is 7.56. The number of fused-ring (bicyclic) bond motifs is 3. The van der Waals surface area contributed by atoms with Crippen molar-refractivity contribution in [1.29, 1.82) is 0 Å². The number of aromatic nitrogens is 1. The summed E-state index contributed by atoms with van der Waals surface area (Å²) in [4.78, 5) is 19.6. The van der Waals surface area contributed by atoms with E-state index in [1.807, 2.05) is 30.3 Å². The number of nitrogens with one attached hydrogen (secondary N) is 2. The molecule has 6 rings (SSSR count). The fourth-order valence-electron chi connectivity index (χ4n) is 6.87. The Morgan fingerprint density at radius 3 is 2.64 bits per heavy atom. The van der Waals surface area contributed by atoms with E-state index >= 15 is 0 Å². The van der Waals surface area contributed by atoms with Crippen LogP contribution in [0, 0.1) is 5.41 Å². The average Bonchev–Trinajstić information content (AvgIpc) is 3.64. The monoisotopic (exact) mass is 586 g/mol. The number of H-pyrrole nitrogens is 1. The van der Waals surface area contributed by atoms with Crippen LogP contribution in [0.3, 0.4) is 0 Å². The van der Waals surface area contributed by atoms with Crippen LogP contribution in [0.2, 0.25) is 0 Å². The third-order valence-electron chi connectivity index (χ3n) is 9.34. The number of benzene rings is 2. The summed E-state index contributed by atoms with van der Waals surface area (Å²) < 4.78 is 29.1. The number of carbonyl (C=O) groups excluding carboxylic acids is 1. The van der Waals surface area contributed by atoms with E-state index in [0.717, 1.165) is 68.7 Å². The predicted octanol–water partition coefficient (Wildman–Crippen LogP) is 6.05. The van der Waals surface area contributed by atoms with Gasteiger partial charge in [-0.1, -0.05) is 45.9 Å². The van der Waals surface area contributed by atoms with Crippen LogP contribution >= 0.6 is 0 Å². The standard InChI is InChI=1S/C34H42N4O3S/c1-5-37(6-2)18-9-11-25-26-15-17-34(3,4)22-31(26)35-30(25)21-28-27-20-24(13-14-29(27)36-33(28)39)42(40,41)38-19-16-23-10-7-8-12-32(23)38/h7-8,10,12-14,20-21,35H,5-6,9,11,15-19,22H2,1-4H3,(H,36,39)/b28-21-. The molecule has 3 heterocycles. The molecule has 0 saturated heterocycles. The van der Waals surface area contributed by atoms with E-state index in [0.29, 0.717) is 29.8 Å². The summed E-state index contributed by atoms with van der Waals surface area (Å²) in [5.74, 6) is -0.201. The maximum atomic E-state index is 13.8. The number of aromatic amines is 1. The number of amides is 1. The Morgan fingerprint density at radius 1 is 1.07 bits per heavy atom. The second-order valence-corrected chi connectivity index (χ2v) is 14.5. The normalized spacial score (nSPS) is 18.4. The lowest BCUT2D eigenvalue weighted by Gasteiger charge is -2.29. The topological polar surface area (TPSA) is 85.5 Å². The van der Waals surface area contributed by atoms with Gasteiger partial charge in [0.25, 0.3) is 15.9 Å². The van der Waals surface area contributed by atoms with E-state index < -0.39 is 10.0 Å². The highest BCUT2D eigenvalue weighted by molar-refractivity contribution is 7.92. The van der Waals surface area contributed by atoms with E-state index in [9.17, 15) is 13.2 Å². The summed E-state index contributed by atoms with van der Waals surface area (Å²) in [5, 5.41) is 2.96. The molecule has 7 nitrogen and oxygen atoms in total. The lowest BCUT2D eigenvalue weighted by Crippen LogP contribution is -2.29. The fourth-order valence-corrected chi connectivity index (χ4v) is 8.40. The predicted molar refractivity (Wildman–Crippen MR) is 170 cm³/mol. The molecule has 0 radical (unpaired) electrons. The molecule has 0 unspecified atom stereocenters. The number of rotatable bonds is 9. The van der Waals surface area contributed by atoms with Gasteiger partial charge in [0, 0.05) is 29.2 Å². The first-order valence-corrected chi connectivity index (χ1v) is 16.8. The van der Waals surface area contributed by atoms with E-state index in [2.05, 4.69) is 42.9 Å². The van der Waals surface area contributed by atoms with Crippen molar-refractivity contribution in [1.82, 2.24) is 9.88 Å². The third-order valence-corrected chi connectivity index (χ3v) is 11.1. The molecule has 0 fully saturated rings. The minimum atomic E-state index is -3.78. The van der Waals surface area contributed by atoms with Gasteiger partial charge < -0.3 is 15.2 Å². The van der Waals surface area contributed by atoms with Crippen molar-refractivity contribution in [3.8, 4) is 0 Å². The van der Waals surface area contributed by atoms with Gasteiger partial charge in [0.1, 0.15) is 0 Å². The molecular weight excluding hydrogens is 544 g/mol. The molecule has 1 aromatic heterocycles. The number of hydrogen-bond donors (Lipinski definition) is 2. The zero-order chi connectivity index (χ0) is 29.6. The van der Waals surface area contributed by atoms with Crippen LogP contribution in [0.4, 0.5) is 11.4 Å². The van der Waals surface area contributed by atoms with Crippen LogP contribution in [-0.4, -0.2) is 50.4 Å². The second-order valence-electron chi connectivity index (χ2n) is 12.6. The summed E-state index contributed by atoms with van der Waals surface area (Å²) in [7, 11) is -3.78. The van der Waals surface area contributed by atoms with Crippen LogP contribution in [0.1, 0.15) is 74.2 Å². The number of hydrogen-bond acceptors (Lipinski definition) is 4. The first-order chi connectivity index (χ1) is 20.1. The fraction of sp³-hybridized carbons (Fsp3) is 0.441. The first kappa shape index (κ1) is 28.7. The minimum Gasteiger partial charge on any atom is -0.358 e. The largest absolute Gasteiger partial charge is 0.358 e. The van der Waals surface area contributed by atoms with Gasteiger partial charge in [-0.05, 0) is 111 Å². The van der Waals surface area contributed by atoms with Gasteiger partial charge in [-0.15, -0.1) is 0 Å². The maximum Gasteiger partial charge on any atom is 0.264 e. The summed E-state index contributed by atoms with van der Waals surface area (Å²) in [6, 6.07) is 12.6. The first-order valence-electron chi connectivity index (χ1n) is 15.3. The Bertz CT molecular complexity index is 1660. The second kappa shape index (κ2) is 11.0. The van der Waals surface area contributed by atoms with Crippen molar-refractivity contribution >= 4 is 39.0 Å². The van der Waals surface area contributed by atoms with Crippen LogP contribution in [-0.2, 0) is 40.5 Å². The molecule has 3 aromatic rings. The molecule has 3 aliphatic rings. The molecule has 1 aliphatic carbocycles. The van der Waals surface area contributed by atoms with Crippen molar-refractivity contribution < 1.29 is 13.2 Å². The van der Waals surface area contributed by atoms with Crippen LogP contribution < -0.4 is 9.62 Å². The van der Waals surface area contributed by atoms with Gasteiger partial charge in [-0.2, -0.15) is 0 Å². The molecule has 1 amide bonds. The van der Waals surface area contributed by atoms with Crippen molar-refractivity contribution in [3.05, 3.63) is 76.1 Å². The van der Waals surface area contributed by atoms with Crippen molar-refractivity contribution in [2.75, 3.05) is 35.8 Å². The molecule has 0 bridgehead atoms. The number of anilines is 2. The summed E-state index contributed by atoms with van der Waals surface area (Å²) in [6.07, 6.45) is 7.80. The molecule has 8 heteroatoms. The SMILES string of the molecule is CCN(CC)CCCc1c(/C=C2\C(=O)Nc3ccc(S(=O)(=O)N4CCc5ccccc54)cc32)[nH]c2c1CCC(C)(C)C2. The van der Waals surface area contributed by atoms with Gasteiger partial charge in [0.2, 0.25) is 0 Å². The van der Waals surface area contributed by atoms with Gasteiger partial charge in [0.15, 0.2) is 0 Å². The molecule has 2 aliphatic heterocycles. The van der Waals surface area contributed by atoms with Crippen LogP contribution in [0.15, 0.2) is 47.4 Å². The van der Waals surface area contributed by atoms with Gasteiger partial charge in [0.05, 0.1) is 16.2 Å². The number of sulfonamides is 1. The van der Waals surface area contributed by atoms with E-state index in [4.69, 9.17) is 0 Å². The average molecular weight is 587 g/mol. The molecule has 2 aromatic carbocycles. The lowest BCUT2D eigenvalue weighted by molar-refractivity contribution is -0.110. The lowest BCUT2D eigenvalue weighted by atomic mass is 9.76.